The highest BCUT2D eigenvalue weighted by atomic mass is 32.2. The van der Waals surface area contributed by atoms with E-state index in [2.05, 4.69) is 61.7 Å². The molecule has 5 heteroatoms. The van der Waals surface area contributed by atoms with E-state index in [9.17, 15) is 4.79 Å². The summed E-state index contributed by atoms with van der Waals surface area (Å²) >= 11 is 4.39. The molecule has 154 valence electrons. The van der Waals surface area contributed by atoms with Gasteiger partial charge in [0, 0.05) is 17.4 Å². The second-order valence-corrected chi connectivity index (χ2v) is 12.6. The molecule has 3 nitrogen and oxygen atoms in total. The van der Waals surface area contributed by atoms with Crippen molar-refractivity contribution in [3.63, 3.8) is 0 Å². The largest absolute Gasteiger partial charge is 0.495 e. The van der Waals surface area contributed by atoms with Crippen LogP contribution in [0.3, 0.4) is 0 Å². The normalized spacial score (nSPS) is 28.9. The maximum atomic E-state index is 13.3. The summed E-state index contributed by atoms with van der Waals surface area (Å²) in [7, 11) is 1.67. The van der Waals surface area contributed by atoms with Gasteiger partial charge in [0.05, 0.1) is 16.9 Å². The molecular weight excluding hydrogens is 386 g/mol. The average Bonchev–Trinajstić information content (AvgIpc) is 3.10. The van der Waals surface area contributed by atoms with Crippen LogP contribution in [0.2, 0.25) is 0 Å². The highest BCUT2D eigenvalue weighted by molar-refractivity contribution is 8.21. The van der Waals surface area contributed by atoms with Crippen molar-refractivity contribution in [3.8, 4) is 5.75 Å². The maximum Gasteiger partial charge on any atom is 0.227 e. The van der Waals surface area contributed by atoms with E-state index >= 15 is 0 Å². The number of ether oxygens (including phenoxy) is 1. The number of thioether (sulfide) groups is 2. The number of carbonyl (C=O) groups excluding carboxylic acids is 1. The first-order valence-corrected chi connectivity index (χ1v) is 12.6. The lowest BCUT2D eigenvalue weighted by Gasteiger charge is -2.52. The predicted molar refractivity (Wildman–Crippen MR) is 122 cm³/mol. The van der Waals surface area contributed by atoms with Gasteiger partial charge in [0.1, 0.15) is 5.75 Å². The van der Waals surface area contributed by atoms with Crippen LogP contribution in [0.25, 0.3) is 0 Å². The Morgan fingerprint density at radius 1 is 1.14 bits per heavy atom. The molecule has 0 aromatic heterocycles. The molecular formula is C23H33NO2S2. The van der Waals surface area contributed by atoms with Gasteiger partial charge in [-0.1, -0.05) is 33.3 Å². The molecule has 3 atom stereocenters. The van der Waals surface area contributed by atoms with E-state index in [-0.39, 0.29) is 17.2 Å². The fourth-order valence-electron chi connectivity index (χ4n) is 5.33. The summed E-state index contributed by atoms with van der Waals surface area (Å²) in [6.07, 6.45) is 6.02. The summed E-state index contributed by atoms with van der Waals surface area (Å²) in [5.74, 6) is 5.01. The lowest BCUT2D eigenvalue weighted by atomic mass is 9.67. The zero-order valence-electron chi connectivity index (χ0n) is 17.5. The molecule has 2 aliphatic carbocycles. The Kier molecular flexibility index (Phi) is 5.69. The van der Waals surface area contributed by atoms with E-state index in [1.807, 2.05) is 6.07 Å². The number of hydrogen-bond donors (Lipinski definition) is 1. The van der Waals surface area contributed by atoms with E-state index in [0.29, 0.717) is 15.9 Å². The molecule has 3 aliphatic rings. The third-order valence-electron chi connectivity index (χ3n) is 6.81. The molecule has 1 spiro atoms. The lowest BCUT2D eigenvalue weighted by Crippen LogP contribution is -2.48. The molecule has 1 saturated heterocycles. The Labute approximate surface area is 178 Å². The van der Waals surface area contributed by atoms with Crippen molar-refractivity contribution in [2.75, 3.05) is 23.9 Å². The first-order valence-electron chi connectivity index (χ1n) is 10.6. The second kappa shape index (κ2) is 7.79. The summed E-state index contributed by atoms with van der Waals surface area (Å²) in [6.45, 7) is 6.58. The first-order chi connectivity index (χ1) is 13.3. The molecule has 1 amide bonds. The van der Waals surface area contributed by atoms with E-state index in [4.69, 9.17) is 4.74 Å². The Bertz CT molecular complexity index is 721. The number of benzene rings is 1. The van der Waals surface area contributed by atoms with Gasteiger partial charge in [-0.25, -0.2) is 0 Å². The van der Waals surface area contributed by atoms with Gasteiger partial charge in [-0.3, -0.25) is 4.79 Å². The van der Waals surface area contributed by atoms with Crippen molar-refractivity contribution < 1.29 is 9.53 Å². The highest BCUT2D eigenvalue weighted by Gasteiger charge is 2.55. The number of amides is 1. The smallest absolute Gasteiger partial charge is 0.227 e. The second-order valence-electron chi connectivity index (χ2n) is 9.57. The van der Waals surface area contributed by atoms with E-state index in [0.717, 1.165) is 24.3 Å². The van der Waals surface area contributed by atoms with Gasteiger partial charge in [-0.15, -0.1) is 23.5 Å². The number of anilines is 1. The number of carbonyl (C=O) groups is 1. The van der Waals surface area contributed by atoms with E-state index in [1.165, 1.54) is 36.3 Å². The fraction of sp³-hybridized carbons (Fsp3) is 0.696. The quantitative estimate of drug-likeness (QED) is 0.658. The Morgan fingerprint density at radius 3 is 2.36 bits per heavy atom. The summed E-state index contributed by atoms with van der Waals surface area (Å²) in [5.41, 5.74) is 2.06. The molecule has 4 rings (SSSR count). The van der Waals surface area contributed by atoms with Gasteiger partial charge in [-0.2, -0.15) is 0 Å². The van der Waals surface area contributed by atoms with Gasteiger partial charge in [0.15, 0.2) is 0 Å². The minimum atomic E-state index is 0.0386. The molecule has 3 fully saturated rings. The van der Waals surface area contributed by atoms with Gasteiger partial charge in [0.25, 0.3) is 0 Å². The monoisotopic (exact) mass is 419 g/mol. The van der Waals surface area contributed by atoms with Crippen LogP contribution in [-0.2, 0) is 10.2 Å². The van der Waals surface area contributed by atoms with Crippen LogP contribution < -0.4 is 10.1 Å². The highest BCUT2D eigenvalue weighted by Crippen LogP contribution is 2.64. The molecule has 28 heavy (non-hydrogen) atoms. The van der Waals surface area contributed by atoms with E-state index < -0.39 is 0 Å². The van der Waals surface area contributed by atoms with E-state index in [1.54, 1.807) is 7.11 Å². The topological polar surface area (TPSA) is 38.3 Å². The molecule has 1 heterocycles. The van der Waals surface area contributed by atoms with Crippen molar-refractivity contribution in [1.82, 2.24) is 0 Å². The van der Waals surface area contributed by atoms with Gasteiger partial charge in [-0.05, 0) is 60.6 Å². The van der Waals surface area contributed by atoms with Crippen molar-refractivity contribution in [2.45, 2.75) is 62.4 Å². The molecule has 1 aromatic carbocycles. The van der Waals surface area contributed by atoms with Crippen LogP contribution in [0.5, 0.6) is 5.75 Å². The Hall–Kier alpha value is -0.810. The Balaban J connectivity index is 1.52. The maximum absolute atomic E-state index is 13.3. The van der Waals surface area contributed by atoms with Gasteiger partial charge >= 0.3 is 0 Å². The molecule has 2 saturated carbocycles. The van der Waals surface area contributed by atoms with Gasteiger partial charge in [0.2, 0.25) is 5.91 Å². The third kappa shape index (κ3) is 3.69. The van der Waals surface area contributed by atoms with Crippen molar-refractivity contribution in [1.29, 1.82) is 0 Å². The molecule has 1 unspecified atom stereocenters. The van der Waals surface area contributed by atoms with Crippen molar-refractivity contribution in [2.24, 2.45) is 17.8 Å². The Morgan fingerprint density at radius 2 is 1.79 bits per heavy atom. The minimum Gasteiger partial charge on any atom is -0.495 e. The standard InChI is InChI=1S/C23H33NO2S2/c1-22(2,3)16-8-9-20(26-4)19(14-16)24-21(25)15-12-17-6-5-7-18(13-15)23(17)27-10-11-28-23/h8-9,14-15,17-18H,5-7,10-13H2,1-4H3,(H,24,25)/t15?,17-,18+. The van der Waals surface area contributed by atoms with Crippen LogP contribution in [0.1, 0.15) is 58.4 Å². The average molecular weight is 420 g/mol. The number of rotatable bonds is 3. The molecule has 2 bridgehead atoms. The predicted octanol–water partition coefficient (Wildman–Crippen LogP) is 5.93. The minimum absolute atomic E-state index is 0.0386. The molecule has 1 aliphatic heterocycles. The number of hydrogen-bond acceptors (Lipinski definition) is 4. The molecule has 0 radical (unpaired) electrons. The van der Waals surface area contributed by atoms with Crippen molar-refractivity contribution >= 4 is 35.1 Å². The summed E-state index contributed by atoms with van der Waals surface area (Å²) < 4.78 is 5.95. The van der Waals surface area contributed by atoms with Gasteiger partial charge < -0.3 is 10.1 Å². The molecule has 1 N–H and O–H groups in total. The summed E-state index contributed by atoms with van der Waals surface area (Å²) in [4.78, 5) is 13.3. The number of nitrogens with one attached hydrogen (secondary N) is 1. The van der Waals surface area contributed by atoms with Crippen LogP contribution in [0.15, 0.2) is 18.2 Å². The summed E-state index contributed by atoms with van der Waals surface area (Å²) in [6, 6.07) is 6.16. The molecule has 1 aromatic rings. The van der Waals surface area contributed by atoms with Crippen LogP contribution in [-0.4, -0.2) is 28.6 Å². The van der Waals surface area contributed by atoms with Crippen LogP contribution in [0, 0.1) is 17.8 Å². The SMILES string of the molecule is COc1ccc(C(C)(C)C)cc1NC(=O)C1C[C@H]2CCC[C@@H](C1)C21SCCS1. The number of methoxy groups -OCH3 is 1. The van der Waals surface area contributed by atoms with Crippen LogP contribution in [0.4, 0.5) is 5.69 Å². The first kappa shape index (κ1) is 20.5. The third-order valence-corrected chi connectivity index (χ3v) is 10.8. The zero-order chi connectivity index (χ0) is 19.9. The summed E-state index contributed by atoms with van der Waals surface area (Å²) in [5, 5.41) is 3.23. The van der Waals surface area contributed by atoms with Crippen LogP contribution >= 0.6 is 23.5 Å². The van der Waals surface area contributed by atoms with Crippen molar-refractivity contribution in [3.05, 3.63) is 23.8 Å². The zero-order valence-corrected chi connectivity index (χ0v) is 19.2. The lowest BCUT2D eigenvalue weighted by molar-refractivity contribution is -0.122. The fourth-order valence-corrected chi connectivity index (χ4v) is 9.27.